The minimum absolute atomic E-state index is 0.0797. The number of nitrogens with one attached hydrogen (secondary N) is 1. The topological polar surface area (TPSA) is 88.8 Å². The van der Waals surface area contributed by atoms with E-state index in [1.54, 1.807) is 10.9 Å². The van der Waals surface area contributed by atoms with Crippen LogP contribution in [0, 0.1) is 0 Å². The van der Waals surface area contributed by atoms with Gasteiger partial charge in [0.1, 0.15) is 5.52 Å². The van der Waals surface area contributed by atoms with Crippen molar-refractivity contribution in [3.05, 3.63) is 84.1 Å². The molecule has 0 radical (unpaired) electrons. The molecule has 1 N–H and O–H groups in total. The number of benzene rings is 2. The minimum atomic E-state index is -0.0797. The third-order valence-electron chi connectivity index (χ3n) is 5.65. The smallest absolute Gasteiger partial charge is 0.251 e. The lowest BCUT2D eigenvalue weighted by Crippen LogP contribution is -2.31. The molecule has 170 valence electrons. The number of pyridine rings is 2. The highest BCUT2D eigenvalue weighted by Gasteiger charge is 2.11. The molecule has 2 aromatic carbocycles. The Hall–Kier alpha value is -4.17. The predicted molar refractivity (Wildman–Crippen MR) is 132 cm³/mol. The molecular formula is C26H25N7O. The van der Waals surface area contributed by atoms with Gasteiger partial charge >= 0.3 is 0 Å². The molecule has 5 rings (SSSR count). The van der Waals surface area contributed by atoms with Gasteiger partial charge in [-0.15, -0.1) is 5.10 Å². The number of amides is 1. The van der Waals surface area contributed by atoms with Crippen LogP contribution in [0.25, 0.3) is 33.3 Å². The van der Waals surface area contributed by atoms with Crippen LogP contribution in [0.15, 0.2) is 72.9 Å². The number of hydrogen-bond acceptors (Lipinski definition) is 6. The van der Waals surface area contributed by atoms with Gasteiger partial charge in [-0.2, -0.15) is 0 Å². The monoisotopic (exact) mass is 451 g/mol. The van der Waals surface area contributed by atoms with Crippen molar-refractivity contribution >= 4 is 28.0 Å². The van der Waals surface area contributed by atoms with Crippen LogP contribution < -0.4 is 5.32 Å². The van der Waals surface area contributed by atoms with Gasteiger partial charge in [-0.05, 0) is 56.1 Å². The fraction of sp³-hybridized carbons (Fsp3) is 0.192. The van der Waals surface area contributed by atoms with Crippen LogP contribution in [0.2, 0.25) is 0 Å². The number of carbonyl (C=O) groups excluding carboxylic acids is 1. The van der Waals surface area contributed by atoms with E-state index in [1.807, 2.05) is 67.5 Å². The SMILES string of the molecule is CN(C)CCNC(=O)c1ccc(-c2ccc3nnn(Cc4ccc5cccnc5c4)c3n2)cc1. The summed E-state index contributed by atoms with van der Waals surface area (Å²) in [4.78, 5) is 23.6. The van der Waals surface area contributed by atoms with E-state index < -0.39 is 0 Å². The molecule has 8 nitrogen and oxygen atoms in total. The van der Waals surface area contributed by atoms with Crippen molar-refractivity contribution in [2.45, 2.75) is 6.54 Å². The fourth-order valence-corrected chi connectivity index (χ4v) is 3.79. The molecule has 34 heavy (non-hydrogen) atoms. The Morgan fingerprint density at radius 2 is 1.85 bits per heavy atom. The van der Waals surface area contributed by atoms with E-state index in [4.69, 9.17) is 4.98 Å². The first kappa shape index (κ1) is 21.7. The van der Waals surface area contributed by atoms with Crippen LogP contribution in [0.5, 0.6) is 0 Å². The molecule has 0 aliphatic rings. The van der Waals surface area contributed by atoms with Crippen LogP contribution in [0.1, 0.15) is 15.9 Å². The predicted octanol–water partition coefficient (Wildman–Crippen LogP) is 3.38. The van der Waals surface area contributed by atoms with Gasteiger partial charge in [-0.3, -0.25) is 9.78 Å². The highest BCUT2D eigenvalue weighted by molar-refractivity contribution is 5.94. The summed E-state index contributed by atoms with van der Waals surface area (Å²) in [7, 11) is 3.95. The Balaban J connectivity index is 1.36. The molecule has 0 spiro atoms. The van der Waals surface area contributed by atoms with Crippen molar-refractivity contribution in [3.8, 4) is 11.3 Å². The zero-order valence-electron chi connectivity index (χ0n) is 19.1. The lowest BCUT2D eigenvalue weighted by Gasteiger charge is -2.10. The van der Waals surface area contributed by atoms with Gasteiger partial charge in [0, 0.05) is 35.8 Å². The lowest BCUT2D eigenvalue weighted by molar-refractivity contribution is 0.0951. The van der Waals surface area contributed by atoms with Gasteiger partial charge in [-0.25, -0.2) is 9.67 Å². The van der Waals surface area contributed by atoms with Crippen molar-refractivity contribution in [2.75, 3.05) is 27.2 Å². The molecule has 0 unspecified atom stereocenters. The highest BCUT2D eigenvalue weighted by Crippen LogP contribution is 2.22. The maximum atomic E-state index is 12.3. The second-order valence-electron chi connectivity index (χ2n) is 8.45. The van der Waals surface area contributed by atoms with Crippen LogP contribution in [0.3, 0.4) is 0 Å². The summed E-state index contributed by atoms with van der Waals surface area (Å²) in [5, 5.41) is 12.6. The summed E-state index contributed by atoms with van der Waals surface area (Å²) in [5.41, 5.74) is 5.83. The number of hydrogen-bond donors (Lipinski definition) is 1. The quantitative estimate of drug-likeness (QED) is 0.408. The van der Waals surface area contributed by atoms with Crippen LogP contribution in [-0.4, -0.2) is 63.0 Å². The average molecular weight is 452 g/mol. The van der Waals surface area contributed by atoms with E-state index in [2.05, 4.69) is 38.8 Å². The Kier molecular flexibility index (Phi) is 5.97. The zero-order valence-corrected chi connectivity index (χ0v) is 19.1. The maximum Gasteiger partial charge on any atom is 0.251 e. The number of fused-ring (bicyclic) bond motifs is 2. The van der Waals surface area contributed by atoms with Gasteiger partial charge in [0.25, 0.3) is 5.91 Å². The van der Waals surface area contributed by atoms with E-state index in [0.717, 1.165) is 39.8 Å². The fourth-order valence-electron chi connectivity index (χ4n) is 3.79. The Morgan fingerprint density at radius 1 is 1.00 bits per heavy atom. The third kappa shape index (κ3) is 4.62. The molecule has 0 aliphatic carbocycles. The molecule has 3 heterocycles. The standard InChI is InChI=1S/C26H25N7O/c1-32(2)15-14-28-26(34)21-9-7-20(8-10-21)22-11-12-23-25(29-22)33(31-30-23)17-18-5-6-19-4-3-13-27-24(19)16-18/h3-13,16H,14-15,17H2,1-2H3,(H,28,34). The van der Waals surface area contributed by atoms with Crippen LogP contribution in [-0.2, 0) is 6.54 Å². The number of aromatic nitrogens is 5. The third-order valence-corrected chi connectivity index (χ3v) is 5.65. The van der Waals surface area contributed by atoms with Gasteiger partial charge in [-0.1, -0.05) is 35.5 Å². The maximum absolute atomic E-state index is 12.3. The van der Waals surface area contributed by atoms with Crippen molar-refractivity contribution in [1.82, 2.24) is 35.2 Å². The highest BCUT2D eigenvalue weighted by atomic mass is 16.1. The van der Waals surface area contributed by atoms with E-state index in [1.165, 1.54) is 0 Å². The molecular weight excluding hydrogens is 426 g/mol. The van der Waals surface area contributed by atoms with E-state index in [9.17, 15) is 4.79 Å². The summed E-state index contributed by atoms with van der Waals surface area (Å²) in [6.07, 6.45) is 1.80. The normalized spacial score (nSPS) is 11.4. The first-order valence-electron chi connectivity index (χ1n) is 11.1. The number of rotatable bonds is 7. The van der Waals surface area contributed by atoms with E-state index in [0.29, 0.717) is 24.3 Å². The molecule has 3 aromatic heterocycles. The summed E-state index contributed by atoms with van der Waals surface area (Å²) in [5.74, 6) is -0.0797. The summed E-state index contributed by atoms with van der Waals surface area (Å²) in [6.45, 7) is 1.95. The van der Waals surface area contributed by atoms with E-state index in [-0.39, 0.29) is 5.91 Å². The van der Waals surface area contributed by atoms with Crippen molar-refractivity contribution in [3.63, 3.8) is 0 Å². The van der Waals surface area contributed by atoms with Gasteiger partial charge in [0.15, 0.2) is 5.65 Å². The molecule has 1 amide bonds. The first-order chi connectivity index (χ1) is 16.6. The second-order valence-corrected chi connectivity index (χ2v) is 8.45. The van der Waals surface area contributed by atoms with Crippen LogP contribution in [0.4, 0.5) is 0 Å². The zero-order chi connectivity index (χ0) is 23.5. The van der Waals surface area contributed by atoms with Crippen LogP contribution >= 0.6 is 0 Å². The summed E-state index contributed by atoms with van der Waals surface area (Å²) < 4.78 is 1.80. The molecule has 0 saturated carbocycles. The Bertz CT molecular complexity index is 1460. The summed E-state index contributed by atoms with van der Waals surface area (Å²) in [6, 6.07) is 21.5. The second kappa shape index (κ2) is 9.36. The van der Waals surface area contributed by atoms with Gasteiger partial charge < -0.3 is 10.2 Å². The average Bonchev–Trinajstić information content (AvgIpc) is 3.25. The molecule has 0 bridgehead atoms. The molecule has 0 saturated heterocycles. The molecule has 0 aliphatic heterocycles. The van der Waals surface area contributed by atoms with Crippen molar-refractivity contribution in [1.29, 1.82) is 0 Å². The number of likely N-dealkylation sites (N-methyl/N-ethyl adjacent to an activating group) is 1. The number of nitrogens with zero attached hydrogens (tertiary/aromatic N) is 6. The Labute approximate surface area is 197 Å². The number of carbonyl (C=O) groups is 1. The van der Waals surface area contributed by atoms with Crippen molar-refractivity contribution < 1.29 is 4.79 Å². The van der Waals surface area contributed by atoms with Gasteiger partial charge in [0.2, 0.25) is 0 Å². The summed E-state index contributed by atoms with van der Waals surface area (Å²) >= 11 is 0. The molecule has 0 fully saturated rings. The van der Waals surface area contributed by atoms with E-state index >= 15 is 0 Å². The largest absolute Gasteiger partial charge is 0.351 e. The minimum Gasteiger partial charge on any atom is -0.351 e. The molecule has 8 heteroatoms. The lowest BCUT2D eigenvalue weighted by atomic mass is 10.1. The Morgan fingerprint density at radius 3 is 2.68 bits per heavy atom. The first-order valence-corrected chi connectivity index (χ1v) is 11.1. The van der Waals surface area contributed by atoms with Gasteiger partial charge in [0.05, 0.1) is 17.8 Å². The molecule has 0 atom stereocenters. The molecule has 5 aromatic rings. The van der Waals surface area contributed by atoms with Crippen molar-refractivity contribution in [2.24, 2.45) is 0 Å².